The molecule has 0 spiro atoms. The molecule has 21 heavy (non-hydrogen) atoms. The van der Waals surface area contributed by atoms with Crippen LogP contribution in [0, 0.1) is 13.8 Å². The normalized spacial score (nSPS) is 11.1. The van der Waals surface area contributed by atoms with E-state index in [4.69, 9.17) is 9.52 Å². The highest BCUT2D eigenvalue weighted by Crippen LogP contribution is 2.15. The van der Waals surface area contributed by atoms with E-state index in [1.807, 2.05) is 6.92 Å². The van der Waals surface area contributed by atoms with Gasteiger partial charge < -0.3 is 14.1 Å². The molecule has 0 atom stereocenters. The number of aryl methyl sites for hydroxylation is 2. The van der Waals surface area contributed by atoms with Gasteiger partial charge in [-0.1, -0.05) is 0 Å². The lowest BCUT2D eigenvalue weighted by molar-refractivity contribution is 0.0661. The van der Waals surface area contributed by atoms with Crippen molar-refractivity contribution >= 4 is 11.5 Å². The second-order valence-corrected chi connectivity index (χ2v) is 4.84. The molecule has 3 aromatic heterocycles. The molecule has 0 amide bonds. The average Bonchev–Trinajstić information content (AvgIpc) is 2.97. The van der Waals surface area contributed by atoms with E-state index in [9.17, 15) is 9.59 Å². The zero-order valence-electron chi connectivity index (χ0n) is 11.5. The Morgan fingerprint density at radius 3 is 2.76 bits per heavy atom. The van der Waals surface area contributed by atoms with Crippen molar-refractivity contribution in [3.63, 3.8) is 0 Å². The van der Waals surface area contributed by atoms with Crippen LogP contribution in [0.15, 0.2) is 33.7 Å². The summed E-state index contributed by atoms with van der Waals surface area (Å²) in [6.07, 6.45) is 3.31. The SMILES string of the molecule is Cc1cc2c(=O)n(Cc3cc(C(=O)O)oc3C)ccn2n1. The Kier molecular flexibility index (Phi) is 2.90. The molecular formula is C14H13N3O4. The molecule has 7 heteroatoms. The van der Waals surface area contributed by atoms with Gasteiger partial charge >= 0.3 is 5.97 Å². The van der Waals surface area contributed by atoms with Gasteiger partial charge in [0.15, 0.2) is 0 Å². The van der Waals surface area contributed by atoms with E-state index in [0.717, 1.165) is 5.69 Å². The van der Waals surface area contributed by atoms with Crippen LogP contribution in [0.1, 0.15) is 27.6 Å². The molecule has 108 valence electrons. The third kappa shape index (κ3) is 2.22. The number of aromatic carboxylic acids is 1. The second-order valence-electron chi connectivity index (χ2n) is 4.84. The number of fused-ring (bicyclic) bond motifs is 1. The maximum Gasteiger partial charge on any atom is 0.371 e. The molecule has 0 saturated carbocycles. The summed E-state index contributed by atoms with van der Waals surface area (Å²) < 4.78 is 8.17. The van der Waals surface area contributed by atoms with E-state index in [1.165, 1.54) is 15.1 Å². The summed E-state index contributed by atoms with van der Waals surface area (Å²) in [5, 5.41) is 13.1. The molecule has 3 aromatic rings. The Labute approximate surface area is 119 Å². The summed E-state index contributed by atoms with van der Waals surface area (Å²) in [5.41, 5.74) is 1.72. The van der Waals surface area contributed by atoms with Gasteiger partial charge in [-0.2, -0.15) is 5.10 Å². The van der Waals surface area contributed by atoms with Gasteiger partial charge in [0.1, 0.15) is 11.3 Å². The molecule has 1 N–H and O–H groups in total. The number of rotatable bonds is 3. The van der Waals surface area contributed by atoms with Crippen molar-refractivity contribution in [2.45, 2.75) is 20.4 Å². The Hall–Kier alpha value is -2.83. The summed E-state index contributed by atoms with van der Waals surface area (Å²) in [7, 11) is 0. The highest BCUT2D eigenvalue weighted by atomic mass is 16.4. The average molecular weight is 287 g/mol. The zero-order chi connectivity index (χ0) is 15.1. The lowest BCUT2D eigenvalue weighted by Gasteiger charge is -2.04. The molecule has 0 aliphatic rings. The van der Waals surface area contributed by atoms with Gasteiger partial charge in [-0.05, 0) is 26.0 Å². The fraction of sp³-hybridized carbons (Fsp3) is 0.214. The molecule has 3 heterocycles. The molecule has 0 aliphatic carbocycles. The van der Waals surface area contributed by atoms with Crippen LogP contribution in [0.2, 0.25) is 0 Å². The van der Waals surface area contributed by atoms with Crippen LogP contribution >= 0.6 is 0 Å². The second kappa shape index (κ2) is 4.62. The van der Waals surface area contributed by atoms with E-state index >= 15 is 0 Å². The van der Waals surface area contributed by atoms with E-state index in [2.05, 4.69) is 5.10 Å². The van der Waals surface area contributed by atoms with Gasteiger partial charge in [-0.3, -0.25) is 4.79 Å². The molecule has 0 saturated heterocycles. The summed E-state index contributed by atoms with van der Waals surface area (Å²) >= 11 is 0. The van der Waals surface area contributed by atoms with Crippen molar-refractivity contribution < 1.29 is 14.3 Å². The van der Waals surface area contributed by atoms with Crippen LogP contribution in [-0.2, 0) is 6.54 Å². The molecule has 0 aliphatic heterocycles. The largest absolute Gasteiger partial charge is 0.475 e. The number of carbonyl (C=O) groups is 1. The number of carboxylic acid groups (broad SMARTS) is 1. The van der Waals surface area contributed by atoms with Gasteiger partial charge in [0, 0.05) is 18.0 Å². The van der Waals surface area contributed by atoms with Gasteiger partial charge in [-0.25, -0.2) is 9.31 Å². The monoisotopic (exact) mass is 287 g/mol. The van der Waals surface area contributed by atoms with Crippen molar-refractivity contribution in [1.29, 1.82) is 0 Å². The number of nitrogens with zero attached hydrogens (tertiary/aromatic N) is 3. The highest BCUT2D eigenvalue weighted by Gasteiger charge is 2.14. The molecule has 7 nitrogen and oxygen atoms in total. The number of carboxylic acids is 1. The van der Waals surface area contributed by atoms with Gasteiger partial charge in [0.05, 0.1) is 12.2 Å². The summed E-state index contributed by atoms with van der Waals surface area (Å²) in [5.74, 6) is -0.765. The first kappa shape index (κ1) is 13.2. The first-order valence-electron chi connectivity index (χ1n) is 6.34. The summed E-state index contributed by atoms with van der Waals surface area (Å²) in [6, 6.07) is 3.15. The molecule has 0 radical (unpaired) electrons. The fourth-order valence-corrected chi connectivity index (χ4v) is 2.24. The quantitative estimate of drug-likeness (QED) is 0.787. The minimum absolute atomic E-state index is 0.128. The topological polar surface area (TPSA) is 89.7 Å². The standard InChI is InChI=1S/C14H13N3O4/c1-8-5-11-13(18)16(3-4-17(11)15-8)7-10-6-12(14(19)20)21-9(10)2/h3-6H,7H2,1-2H3,(H,19,20). The van der Waals surface area contributed by atoms with Crippen LogP contribution in [0.3, 0.4) is 0 Å². The maximum atomic E-state index is 12.4. The predicted molar refractivity (Wildman–Crippen MR) is 73.7 cm³/mol. The van der Waals surface area contributed by atoms with E-state index in [0.29, 0.717) is 16.8 Å². The first-order valence-corrected chi connectivity index (χ1v) is 6.34. The summed E-state index contributed by atoms with van der Waals surface area (Å²) in [4.78, 5) is 23.2. The maximum absolute atomic E-state index is 12.4. The number of aromatic nitrogens is 3. The van der Waals surface area contributed by atoms with Crippen molar-refractivity contribution in [3.8, 4) is 0 Å². The van der Waals surface area contributed by atoms with Crippen molar-refractivity contribution in [2.75, 3.05) is 0 Å². The van der Waals surface area contributed by atoms with Crippen molar-refractivity contribution in [1.82, 2.24) is 14.2 Å². The predicted octanol–water partition coefficient (Wildman–Crippen LogP) is 1.45. The van der Waals surface area contributed by atoms with Crippen molar-refractivity contribution in [2.24, 2.45) is 0 Å². The minimum Gasteiger partial charge on any atom is -0.475 e. The Bertz CT molecular complexity index is 901. The van der Waals surface area contributed by atoms with Crippen LogP contribution in [0.5, 0.6) is 0 Å². The van der Waals surface area contributed by atoms with E-state index in [1.54, 1.807) is 25.4 Å². The Morgan fingerprint density at radius 2 is 2.10 bits per heavy atom. The number of hydrogen-bond acceptors (Lipinski definition) is 4. The first-order chi connectivity index (χ1) is 9.95. The molecule has 3 rings (SSSR count). The smallest absolute Gasteiger partial charge is 0.371 e. The lowest BCUT2D eigenvalue weighted by Crippen LogP contribution is -2.21. The van der Waals surface area contributed by atoms with Gasteiger partial charge in [0.2, 0.25) is 5.76 Å². The highest BCUT2D eigenvalue weighted by molar-refractivity contribution is 5.84. The van der Waals surface area contributed by atoms with Gasteiger partial charge in [-0.15, -0.1) is 0 Å². The lowest BCUT2D eigenvalue weighted by atomic mass is 10.2. The van der Waals surface area contributed by atoms with Gasteiger partial charge in [0.25, 0.3) is 5.56 Å². The molecule has 0 fully saturated rings. The van der Waals surface area contributed by atoms with Crippen LogP contribution in [-0.4, -0.2) is 25.3 Å². The third-order valence-corrected chi connectivity index (χ3v) is 3.30. The fourth-order valence-electron chi connectivity index (χ4n) is 2.24. The Morgan fingerprint density at radius 1 is 1.33 bits per heavy atom. The zero-order valence-corrected chi connectivity index (χ0v) is 11.5. The molecule has 0 bridgehead atoms. The molecular weight excluding hydrogens is 274 g/mol. The van der Waals surface area contributed by atoms with E-state index in [-0.39, 0.29) is 17.9 Å². The van der Waals surface area contributed by atoms with Crippen LogP contribution in [0.4, 0.5) is 0 Å². The van der Waals surface area contributed by atoms with E-state index < -0.39 is 5.97 Å². The number of furan rings is 1. The molecule has 0 unspecified atom stereocenters. The number of hydrogen-bond donors (Lipinski definition) is 1. The van der Waals surface area contributed by atoms with Crippen LogP contribution in [0.25, 0.3) is 5.52 Å². The third-order valence-electron chi connectivity index (χ3n) is 3.30. The minimum atomic E-state index is -1.13. The Balaban J connectivity index is 2.04. The summed E-state index contributed by atoms with van der Waals surface area (Å²) in [6.45, 7) is 3.74. The molecule has 0 aromatic carbocycles. The van der Waals surface area contributed by atoms with Crippen LogP contribution < -0.4 is 5.56 Å². The van der Waals surface area contributed by atoms with Crippen molar-refractivity contribution in [3.05, 3.63) is 57.7 Å².